The number of fused-ring (bicyclic) bond motifs is 1. The Morgan fingerprint density at radius 1 is 1.00 bits per heavy atom. The molecule has 0 aliphatic carbocycles. The first-order chi connectivity index (χ1) is 14.6. The first-order valence-electron chi connectivity index (χ1n) is 8.93. The fraction of sp³-hybridized carbons (Fsp3) is 0.0455. The van der Waals surface area contributed by atoms with E-state index < -0.39 is 11.9 Å². The number of esters is 1. The zero-order valence-electron chi connectivity index (χ0n) is 15.6. The Morgan fingerprint density at radius 2 is 1.83 bits per heavy atom. The Hall–Kier alpha value is -4.33. The molecule has 4 rings (SSSR count). The summed E-state index contributed by atoms with van der Waals surface area (Å²) < 4.78 is 15.9. The van der Waals surface area contributed by atoms with Crippen molar-refractivity contribution in [1.82, 2.24) is 5.43 Å². The lowest BCUT2D eigenvalue weighted by atomic mass is 10.2. The number of phenols is 1. The van der Waals surface area contributed by atoms with Crippen molar-refractivity contribution in [3.63, 3.8) is 0 Å². The van der Waals surface area contributed by atoms with E-state index in [1.807, 2.05) is 0 Å². The molecule has 150 valence electrons. The van der Waals surface area contributed by atoms with E-state index >= 15 is 0 Å². The van der Waals surface area contributed by atoms with Gasteiger partial charge in [-0.1, -0.05) is 24.3 Å². The number of para-hydroxylation sites is 1. The van der Waals surface area contributed by atoms with Crippen molar-refractivity contribution in [3.05, 3.63) is 83.4 Å². The third-order valence-electron chi connectivity index (χ3n) is 4.21. The zero-order chi connectivity index (χ0) is 20.9. The first kappa shape index (κ1) is 19.0. The van der Waals surface area contributed by atoms with Crippen molar-refractivity contribution >= 4 is 18.1 Å². The predicted octanol–water partition coefficient (Wildman–Crippen LogP) is 3.10. The second kappa shape index (κ2) is 8.36. The van der Waals surface area contributed by atoms with E-state index in [1.165, 1.54) is 18.3 Å². The summed E-state index contributed by atoms with van der Waals surface area (Å²) in [7, 11) is 0. The van der Waals surface area contributed by atoms with Crippen molar-refractivity contribution in [2.75, 3.05) is 6.79 Å². The number of aromatic hydroxyl groups is 1. The maximum Gasteiger partial charge on any atom is 0.343 e. The molecule has 0 fully saturated rings. The van der Waals surface area contributed by atoms with Crippen LogP contribution in [0.4, 0.5) is 0 Å². The van der Waals surface area contributed by atoms with E-state index in [0.29, 0.717) is 28.4 Å². The minimum Gasteiger partial charge on any atom is -0.507 e. The second-order valence-corrected chi connectivity index (χ2v) is 6.25. The molecule has 3 aromatic carbocycles. The highest BCUT2D eigenvalue weighted by molar-refractivity contribution is 5.97. The van der Waals surface area contributed by atoms with Crippen LogP contribution in [0.3, 0.4) is 0 Å². The number of phenolic OH excluding ortho intramolecular Hbond substituents is 1. The van der Waals surface area contributed by atoms with Crippen LogP contribution in [0.25, 0.3) is 0 Å². The van der Waals surface area contributed by atoms with Crippen LogP contribution in [0.15, 0.2) is 71.8 Å². The van der Waals surface area contributed by atoms with Crippen molar-refractivity contribution in [1.29, 1.82) is 0 Å². The SMILES string of the molecule is O=C(Oc1cccc(C=NNC(=O)c2ccccc2O)c1)c1ccc2c(c1)OCO2. The van der Waals surface area contributed by atoms with Crippen molar-refractivity contribution in [2.24, 2.45) is 5.10 Å². The maximum absolute atomic E-state index is 12.4. The molecule has 0 radical (unpaired) electrons. The molecule has 0 unspecified atom stereocenters. The molecule has 1 heterocycles. The van der Waals surface area contributed by atoms with Gasteiger partial charge in [0.15, 0.2) is 11.5 Å². The molecule has 30 heavy (non-hydrogen) atoms. The Morgan fingerprint density at radius 3 is 2.70 bits per heavy atom. The average molecular weight is 404 g/mol. The first-order valence-corrected chi connectivity index (χ1v) is 8.93. The number of hydrogen-bond donors (Lipinski definition) is 2. The summed E-state index contributed by atoms with van der Waals surface area (Å²) >= 11 is 0. The van der Waals surface area contributed by atoms with E-state index in [4.69, 9.17) is 14.2 Å². The maximum atomic E-state index is 12.4. The lowest BCUT2D eigenvalue weighted by Gasteiger charge is -2.06. The summed E-state index contributed by atoms with van der Waals surface area (Å²) in [6, 6.07) is 17.6. The summed E-state index contributed by atoms with van der Waals surface area (Å²) in [5, 5.41) is 13.6. The van der Waals surface area contributed by atoms with Gasteiger partial charge >= 0.3 is 5.97 Å². The van der Waals surface area contributed by atoms with Gasteiger partial charge in [0, 0.05) is 0 Å². The van der Waals surface area contributed by atoms with Crippen LogP contribution in [0.1, 0.15) is 26.3 Å². The number of rotatable bonds is 5. The number of hydrazone groups is 1. The molecule has 8 heteroatoms. The Kier molecular flexibility index (Phi) is 5.29. The molecule has 1 aliphatic heterocycles. The van der Waals surface area contributed by atoms with E-state index in [-0.39, 0.29) is 18.1 Å². The Balaban J connectivity index is 1.40. The fourth-order valence-electron chi connectivity index (χ4n) is 2.74. The number of nitrogens with one attached hydrogen (secondary N) is 1. The molecule has 0 spiro atoms. The lowest BCUT2D eigenvalue weighted by Crippen LogP contribution is -2.17. The van der Waals surface area contributed by atoms with Crippen LogP contribution < -0.4 is 19.6 Å². The van der Waals surface area contributed by atoms with Crippen LogP contribution >= 0.6 is 0 Å². The molecule has 0 atom stereocenters. The largest absolute Gasteiger partial charge is 0.507 e. The molecule has 0 saturated heterocycles. The minimum absolute atomic E-state index is 0.112. The summed E-state index contributed by atoms with van der Waals surface area (Å²) in [6.07, 6.45) is 1.40. The van der Waals surface area contributed by atoms with Gasteiger partial charge in [0.2, 0.25) is 6.79 Å². The third-order valence-corrected chi connectivity index (χ3v) is 4.21. The van der Waals surface area contributed by atoms with Crippen LogP contribution in [-0.4, -0.2) is 30.0 Å². The van der Waals surface area contributed by atoms with E-state index in [9.17, 15) is 14.7 Å². The van der Waals surface area contributed by atoms with Gasteiger partial charge in [-0.15, -0.1) is 0 Å². The molecular formula is C22H16N2O6. The summed E-state index contributed by atoms with van der Waals surface area (Å²) in [6.45, 7) is 0.121. The summed E-state index contributed by atoms with van der Waals surface area (Å²) in [5.74, 6) is 0.155. The molecule has 0 aromatic heterocycles. The van der Waals surface area contributed by atoms with Gasteiger partial charge in [-0.25, -0.2) is 10.2 Å². The number of nitrogens with zero attached hydrogens (tertiary/aromatic N) is 1. The summed E-state index contributed by atoms with van der Waals surface area (Å²) in [5.41, 5.74) is 3.37. The smallest absolute Gasteiger partial charge is 0.343 e. The molecule has 3 aromatic rings. The van der Waals surface area contributed by atoms with Crippen molar-refractivity contribution in [2.45, 2.75) is 0 Å². The standard InChI is InChI=1S/C22H16N2O6/c25-18-7-2-1-6-17(18)21(26)24-23-12-14-4-3-5-16(10-14)30-22(27)15-8-9-19-20(11-15)29-13-28-19/h1-12,25H,13H2,(H,24,26). The van der Waals surface area contributed by atoms with Gasteiger partial charge in [0.1, 0.15) is 11.5 Å². The number of amides is 1. The molecule has 1 amide bonds. The monoisotopic (exact) mass is 404 g/mol. The lowest BCUT2D eigenvalue weighted by molar-refractivity contribution is 0.0734. The molecule has 0 bridgehead atoms. The van der Waals surface area contributed by atoms with Crippen LogP contribution in [-0.2, 0) is 0 Å². The van der Waals surface area contributed by atoms with Crippen molar-refractivity contribution < 1.29 is 28.9 Å². The fourth-order valence-corrected chi connectivity index (χ4v) is 2.74. The summed E-state index contributed by atoms with van der Waals surface area (Å²) in [4.78, 5) is 24.4. The highest BCUT2D eigenvalue weighted by Gasteiger charge is 2.17. The zero-order valence-corrected chi connectivity index (χ0v) is 15.6. The van der Waals surface area contributed by atoms with Gasteiger partial charge in [0.05, 0.1) is 17.3 Å². The Labute approximate surface area is 171 Å². The normalized spacial score (nSPS) is 12.0. The van der Waals surface area contributed by atoms with Gasteiger partial charge in [-0.3, -0.25) is 4.79 Å². The number of carbonyl (C=O) groups is 2. The van der Waals surface area contributed by atoms with Gasteiger partial charge < -0.3 is 19.3 Å². The second-order valence-electron chi connectivity index (χ2n) is 6.25. The van der Waals surface area contributed by atoms with Crippen molar-refractivity contribution in [3.8, 4) is 23.0 Å². The number of carbonyl (C=O) groups excluding carboxylic acids is 2. The minimum atomic E-state index is -0.547. The van der Waals surface area contributed by atoms with E-state index in [0.717, 1.165) is 0 Å². The van der Waals surface area contributed by atoms with Crippen LogP contribution in [0, 0.1) is 0 Å². The predicted molar refractivity (Wildman–Crippen MR) is 107 cm³/mol. The van der Waals surface area contributed by atoms with Crippen LogP contribution in [0.2, 0.25) is 0 Å². The molecular weight excluding hydrogens is 388 g/mol. The highest BCUT2D eigenvalue weighted by Crippen LogP contribution is 2.32. The van der Waals surface area contributed by atoms with Crippen LogP contribution in [0.5, 0.6) is 23.0 Å². The number of hydrogen-bond acceptors (Lipinski definition) is 7. The molecule has 8 nitrogen and oxygen atoms in total. The number of ether oxygens (including phenoxy) is 3. The Bertz CT molecular complexity index is 1140. The topological polar surface area (TPSA) is 106 Å². The molecule has 2 N–H and O–H groups in total. The van der Waals surface area contributed by atoms with Gasteiger partial charge in [-0.2, -0.15) is 5.10 Å². The molecule has 0 saturated carbocycles. The third kappa shape index (κ3) is 4.22. The van der Waals surface area contributed by atoms with E-state index in [2.05, 4.69) is 10.5 Å². The molecule has 1 aliphatic rings. The average Bonchev–Trinajstić information content (AvgIpc) is 3.22. The van der Waals surface area contributed by atoms with E-state index in [1.54, 1.807) is 54.6 Å². The quantitative estimate of drug-likeness (QED) is 0.293. The van der Waals surface area contributed by atoms with Gasteiger partial charge in [-0.05, 0) is 48.0 Å². The highest BCUT2D eigenvalue weighted by atomic mass is 16.7. The van der Waals surface area contributed by atoms with Gasteiger partial charge in [0.25, 0.3) is 5.91 Å². The number of benzene rings is 3.